The second kappa shape index (κ2) is 7.09. The number of aromatic nitrogens is 2. The van der Waals surface area contributed by atoms with Crippen molar-refractivity contribution in [1.29, 1.82) is 0 Å². The first-order valence-corrected chi connectivity index (χ1v) is 8.60. The average molecular weight is 303 g/mol. The van der Waals surface area contributed by atoms with E-state index in [0.29, 0.717) is 5.82 Å². The molecule has 0 bridgehead atoms. The lowest BCUT2D eigenvalue weighted by atomic mass is 10.0. The highest BCUT2D eigenvalue weighted by molar-refractivity contribution is 7.99. The van der Waals surface area contributed by atoms with Gasteiger partial charge in [-0.25, -0.2) is 0 Å². The lowest BCUT2D eigenvalue weighted by molar-refractivity contribution is 0.365. The van der Waals surface area contributed by atoms with Crippen LogP contribution < -0.4 is 5.32 Å². The minimum absolute atomic E-state index is 0.697. The zero-order valence-corrected chi connectivity index (χ0v) is 13.2. The molecule has 1 aliphatic heterocycles. The van der Waals surface area contributed by atoms with Gasteiger partial charge >= 0.3 is 0 Å². The predicted molar refractivity (Wildman–Crippen MR) is 85.4 cm³/mol. The second-order valence-electron chi connectivity index (χ2n) is 5.37. The summed E-state index contributed by atoms with van der Waals surface area (Å²) in [5.41, 5.74) is 1.02. The molecule has 0 amide bonds. The van der Waals surface area contributed by atoms with Gasteiger partial charge in [-0.2, -0.15) is 4.98 Å². The van der Waals surface area contributed by atoms with Crippen LogP contribution in [0.3, 0.4) is 0 Å². The molecule has 1 aromatic heterocycles. The minimum Gasteiger partial charge on any atom is -0.339 e. The molecule has 1 unspecified atom stereocenters. The topological polar surface area (TPSA) is 51.0 Å². The van der Waals surface area contributed by atoms with Gasteiger partial charge < -0.3 is 9.84 Å². The summed E-state index contributed by atoms with van der Waals surface area (Å²) in [6.07, 6.45) is 3.27. The van der Waals surface area contributed by atoms with Gasteiger partial charge in [0.2, 0.25) is 11.7 Å². The SMILES string of the molecule is CCSc1ccc(-c2noc(CCC3CCNC3)n2)cc1. The molecular weight excluding hydrogens is 282 g/mol. The number of thioether (sulfide) groups is 1. The molecule has 4 nitrogen and oxygen atoms in total. The Morgan fingerprint density at radius 2 is 2.19 bits per heavy atom. The van der Waals surface area contributed by atoms with Crippen LogP contribution in [0.25, 0.3) is 11.4 Å². The Bertz CT molecular complexity index is 561. The van der Waals surface area contributed by atoms with Crippen LogP contribution in [-0.2, 0) is 6.42 Å². The highest BCUT2D eigenvalue weighted by atomic mass is 32.2. The number of rotatable bonds is 6. The summed E-state index contributed by atoms with van der Waals surface area (Å²) in [4.78, 5) is 5.79. The molecule has 1 aliphatic rings. The van der Waals surface area contributed by atoms with Crippen molar-refractivity contribution in [2.24, 2.45) is 5.92 Å². The van der Waals surface area contributed by atoms with Crippen molar-refractivity contribution in [2.75, 3.05) is 18.8 Å². The monoisotopic (exact) mass is 303 g/mol. The summed E-state index contributed by atoms with van der Waals surface area (Å²) in [5, 5.41) is 7.49. The first-order chi connectivity index (χ1) is 10.3. The maximum absolute atomic E-state index is 5.37. The fourth-order valence-corrected chi connectivity index (χ4v) is 3.29. The van der Waals surface area contributed by atoms with Crippen LogP contribution in [0.4, 0.5) is 0 Å². The molecule has 1 fully saturated rings. The molecule has 3 rings (SSSR count). The normalized spacial score (nSPS) is 18.2. The molecular formula is C16H21N3OS. The Morgan fingerprint density at radius 1 is 1.33 bits per heavy atom. The standard InChI is InChI=1S/C16H21N3OS/c1-2-21-14-6-4-13(5-7-14)16-18-15(20-19-16)8-3-12-9-10-17-11-12/h4-7,12,17H,2-3,8-11H2,1H3. The molecule has 2 aromatic rings. The van der Waals surface area contributed by atoms with Crippen LogP contribution in [0.2, 0.25) is 0 Å². The highest BCUT2D eigenvalue weighted by Gasteiger charge is 2.16. The van der Waals surface area contributed by atoms with E-state index in [1.54, 1.807) is 0 Å². The lowest BCUT2D eigenvalue weighted by Gasteiger charge is -2.03. The predicted octanol–water partition coefficient (Wildman–Crippen LogP) is 3.39. The van der Waals surface area contributed by atoms with E-state index in [1.165, 1.54) is 11.3 Å². The Hall–Kier alpha value is -1.33. The third-order valence-electron chi connectivity index (χ3n) is 3.82. The van der Waals surface area contributed by atoms with E-state index in [9.17, 15) is 0 Å². The summed E-state index contributed by atoms with van der Waals surface area (Å²) < 4.78 is 5.37. The van der Waals surface area contributed by atoms with Crippen molar-refractivity contribution in [3.05, 3.63) is 30.2 Å². The van der Waals surface area contributed by atoms with Gasteiger partial charge in [0.1, 0.15) is 0 Å². The van der Waals surface area contributed by atoms with Crippen LogP contribution >= 0.6 is 11.8 Å². The van der Waals surface area contributed by atoms with Crippen LogP contribution in [0.15, 0.2) is 33.7 Å². The van der Waals surface area contributed by atoms with E-state index in [1.807, 2.05) is 11.8 Å². The van der Waals surface area contributed by atoms with E-state index < -0.39 is 0 Å². The van der Waals surface area contributed by atoms with Gasteiger partial charge in [-0.3, -0.25) is 0 Å². The molecule has 1 N–H and O–H groups in total. The van der Waals surface area contributed by atoms with Crippen molar-refractivity contribution in [3.63, 3.8) is 0 Å². The number of benzene rings is 1. The lowest BCUT2D eigenvalue weighted by Crippen LogP contribution is -2.09. The van der Waals surface area contributed by atoms with E-state index in [4.69, 9.17) is 4.52 Å². The van der Waals surface area contributed by atoms with Gasteiger partial charge in [0, 0.05) is 16.9 Å². The molecule has 1 aromatic carbocycles. The fourth-order valence-electron chi connectivity index (χ4n) is 2.63. The Morgan fingerprint density at radius 3 is 2.90 bits per heavy atom. The van der Waals surface area contributed by atoms with E-state index in [2.05, 4.69) is 46.6 Å². The molecule has 1 saturated heterocycles. The summed E-state index contributed by atoms with van der Waals surface area (Å²) in [5.74, 6) is 3.29. The minimum atomic E-state index is 0.697. The summed E-state index contributed by atoms with van der Waals surface area (Å²) in [6, 6.07) is 8.36. The van der Waals surface area contributed by atoms with Gasteiger partial charge in [-0.1, -0.05) is 12.1 Å². The van der Waals surface area contributed by atoms with Crippen molar-refractivity contribution in [1.82, 2.24) is 15.5 Å². The van der Waals surface area contributed by atoms with Crippen LogP contribution in [0.5, 0.6) is 0 Å². The Balaban J connectivity index is 1.60. The number of hydrogen-bond donors (Lipinski definition) is 1. The molecule has 0 spiro atoms. The van der Waals surface area contributed by atoms with Crippen LogP contribution in [-0.4, -0.2) is 29.0 Å². The fraction of sp³-hybridized carbons (Fsp3) is 0.500. The van der Waals surface area contributed by atoms with Gasteiger partial charge in [0.15, 0.2) is 0 Å². The maximum Gasteiger partial charge on any atom is 0.226 e. The summed E-state index contributed by atoms with van der Waals surface area (Å²) >= 11 is 1.84. The van der Waals surface area contributed by atoms with Crippen LogP contribution in [0, 0.1) is 5.92 Å². The van der Waals surface area contributed by atoms with Gasteiger partial charge in [-0.05, 0) is 61.9 Å². The largest absolute Gasteiger partial charge is 0.339 e. The highest BCUT2D eigenvalue weighted by Crippen LogP contribution is 2.23. The van der Waals surface area contributed by atoms with E-state index in [-0.39, 0.29) is 0 Å². The zero-order chi connectivity index (χ0) is 14.5. The molecule has 5 heteroatoms. The quantitative estimate of drug-likeness (QED) is 0.829. The summed E-state index contributed by atoms with van der Waals surface area (Å²) in [7, 11) is 0. The van der Waals surface area contributed by atoms with Crippen LogP contribution in [0.1, 0.15) is 25.7 Å². The molecule has 112 valence electrons. The van der Waals surface area contributed by atoms with Crippen molar-refractivity contribution in [2.45, 2.75) is 31.1 Å². The molecule has 0 aliphatic carbocycles. The molecule has 1 atom stereocenters. The zero-order valence-electron chi connectivity index (χ0n) is 12.3. The van der Waals surface area contributed by atoms with Gasteiger partial charge in [0.05, 0.1) is 0 Å². The molecule has 0 saturated carbocycles. The van der Waals surface area contributed by atoms with Gasteiger partial charge in [0.25, 0.3) is 0 Å². The number of aryl methyl sites for hydroxylation is 1. The van der Waals surface area contributed by atoms with Crippen molar-refractivity contribution < 1.29 is 4.52 Å². The number of hydrogen-bond acceptors (Lipinski definition) is 5. The molecule has 2 heterocycles. The Kier molecular flexibility index (Phi) is 4.93. The first-order valence-electron chi connectivity index (χ1n) is 7.61. The third-order valence-corrected chi connectivity index (χ3v) is 4.71. The second-order valence-corrected chi connectivity index (χ2v) is 6.70. The third kappa shape index (κ3) is 3.86. The smallest absolute Gasteiger partial charge is 0.226 e. The summed E-state index contributed by atoms with van der Waals surface area (Å²) in [6.45, 7) is 4.42. The molecule has 21 heavy (non-hydrogen) atoms. The maximum atomic E-state index is 5.37. The van der Waals surface area contributed by atoms with E-state index in [0.717, 1.165) is 49.1 Å². The number of nitrogens with one attached hydrogen (secondary N) is 1. The number of nitrogens with zero attached hydrogens (tertiary/aromatic N) is 2. The Labute approximate surface area is 129 Å². The molecule has 0 radical (unpaired) electrons. The van der Waals surface area contributed by atoms with Gasteiger partial charge in [-0.15, -0.1) is 11.8 Å². The van der Waals surface area contributed by atoms with Crippen molar-refractivity contribution >= 4 is 11.8 Å². The van der Waals surface area contributed by atoms with Crippen molar-refractivity contribution in [3.8, 4) is 11.4 Å². The van der Waals surface area contributed by atoms with E-state index >= 15 is 0 Å². The first kappa shape index (κ1) is 14.6. The average Bonchev–Trinajstić information content (AvgIpc) is 3.18.